The highest BCUT2D eigenvalue weighted by Crippen LogP contribution is 2.48. The summed E-state index contributed by atoms with van der Waals surface area (Å²) in [4.78, 5) is 0. The van der Waals surface area contributed by atoms with Gasteiger partial charge in [-0.15, -0.1) is 0 Å². The molecule has 0 amide bonds. The summed E-state index contributed by atoms with van der Waals surface area (Å²) < 4.78 is 6.45. The fourth-order valence-corrected chi connectivity index (χ4v) is 6.35. The summed E-state index contributed by atoms with van der Waals surface area (Å²) in [5, 5.41) is 0. The van der Waals surface area contributed by atoms with Crippen LogP contribution in [0.5, 0.6) is 0 Å². The van der Waals surface area contributed by atoms with Gasteiger partial charge in [-0.2, -0.15) is 0 Å². The first-order valence-electron chi connectivity index (χ1n) is 2.30. The first-order chi connectivity index (χ1) is 4.55. The van der Waals surface area contributed by atoms with Gasteiger partial charge in [-0.1, -0.05) is 22.6 Å². The molecule has 0 fully saturated rings. The van der Waals surface area contributed by atoms with E-state index < -0.39 is 0 Å². The molecular weight excluding hydrogens is 695 g/mol. The molecule has 0 saturated carbocycles. The quantitative estimate of drug-likeness (QED) is 0.249. The van der Waals surface area contributed by atoms with Crippen LogP contribution in [0.15, 0.2) is 14.3 Å². The second-order valence-electron chi connectivity index (χ2n) is 1.69. The van der Waals surface area contributed by atoms with Crippen molar-refractivity contribution in [3.05, 3.63) is 14.3 Å². The van der Waals surface area contributed by atoms with E-state index in [1.165, 1.54) is 14.3 Å². The Hall–Kier alpha value is 3.13. The lowest BCUT2D eigenvalue weighted by Crippen LogP contribution is -1.89. The monoisotopic (exact) mass is 696 g/mol. The molecule has 0 saturated heterocycles. The molecule has 1 rings (SSSR count). The molecule has 0 atom stereocenters. The molecule has 0 bridgehead atoms. The van der Waals surface area contributed by atoms with Crippen molar-refractivity contribution in [1.29, 1.82) is 0 Å². The van der Waals surface area contributed by atoms with Crippen molar-refractivity contribution in [3.63, 3.8) is 0 Å². The molecule has 5 heteroatoms. The average molecular weight is 696 g/mol. The predicted octanol–water partition coefficient (Wildman–Crippen LogP) is 4.97. The number of alkyl halides is 1. The third kappa shape index (κ3) is 2.13. The summed E-state index contributed by atoms with van der Waals surface area (Å²) in [6.07, 6.45) is 0. The van der Waals surface area contributed by atoms with Gasteiger partial charge in [-0.25, -0.2) is 0 Å². The van der Waals surface area contributed by atoms with Crippen LogP contribution in [0.3, 0.4) is 0 Å². The second-order valence-corrected chi connectivity index (χ2v) is 7.41. The van der Waals surface area contributed by atoms with Crippen LogP contribution in [0.4, 0.5) is 0 Å². The first kappa shape index (κ1) is 11.2. The number of rotatable bonds is 0. The van der Waals surface area contributed by atoms with Crippen LogP contribution in [0.1, 0.15) is 0 Å². The summed E-state index contributed by atoms with van der Waals surface area (Å²) in [6.45, 7) is 0. The highest BCUT2D eigenvalue weighted by Gasteiger charge is 2.25. The van der Waals surface area contributed by atoms with E-state index >= 15 is 0 Å². The Morgan fingerprint density at radius 2 is 1.10 bits per heavy atom. The minimum absolute atomic E-state index is 0.623. The van der Waals surface area contributed by atoms with Crippen molar-refractivity contribution < 1.29 is 0 Å². The molecule has 0 radical (unpaired) electrons. The maximum Gasteiger partial charge on any atom is 0.0745 e. The molecule has 0 aromatic rings. The molecule has 0 aromatic heterocycles. The third-order valence-corrected chi connectivity index (χ3v) is 12.3. The largest absolute Gasteiger partial charge is 0.0745 e. The lowest BCUT2D eigenvalue weighted by Gasteiger charge is -1.99. The summed E-state index contributed by atoms with van der Waals surface area (Å²) in [6, 6.07) is 0. The molecule has 0 heterocycles. The van der Waals surface area contributed by atoms with Crippen molar-refractivity contribution in [1.82, 2.24) is 0 Å². The summed E-state index contributed by atoms with van der Waals surface area (Å²) >= 11 is 12.2. The highest BCUT2D eigenvalue weighted by atomic mass is 127. The van der Waals surface area contributed by atoms with Crippen LogP contribution in [0.25, 0.3) is 0 Å². The average Bonchev–Trinajstić information content (AvgIpc) is 2.07. The van der Waals surface area contributed by atoms with Gasteiger partial charge in [0.1, 0.15) is 0 Å². The molecule has 0 unspecified atom stereocenters. The number of halogens is 5. The van der Waals surface area contributed by atoms with E-state index in [9.17, 15) is 0 Å². The molecule has 0 nitrogen and oxygen atoms in total. The lowest BCUT2D eigenvalue weighted by molar-refractivity contribution is 1.51. The summed E-state index contributed by atoms with van der Waals surface area (Å²) in [5.41, 5.74) is 0. The van der Waals surface area contributed by atoms with Crippen molar-refractivity contribution in [2.45, 2.75) is 3.92 Å². The van der Waals surface area contributed by atoms with Gasteiger partial charge < -0.3 is 0 Å². The van der Waals surface area contributed by atoms with Gasteiger partial charge in [0.2, 0.25) is 0 Å². The van der Waals surface area contributed by atoms with E-state index in [4.69, 9.17) is 0 Å². The summed E-state index contributed by atoms with van der Waals surface area (Å²) in [5.74, 6) is 0. The Bertz CT molecular complexity index is 202. The fraction of sp³-hybridized carbons (Fsp3) is 0.200. The van der Waals surface area contributed by atoms with Crippen molar-refractivity contribution in [3.8, 4) is 0 Å². The van der Waals surface area contributed by atoms with Crippen molar-refractivity contribution in [2.75, 3.05) is 0 Å². The van der Waals surface area contributed by atoms with Gasteiger partial charge in [-0.05, 0) is 90.4 Å². The highest BCUT2D eigenvalue weighted by molar-refractivity contribution is 14.1. The Morgan fingerprint density at radius 1 is 0.800 bits per heavy atom. The topological polar surface area (TPSA) is 0 Å². The zero-order valence-corrected chi connectivity index (χ0v) is 15.3. The summed E-state index contributed by atoms with van der Waals surface area (Å²) in [7, 11) is 0. The smallest absolute Gasteiger partial charge is 0.0711 e. The van der Waals surface area contributed by atoms with E-state index in [1.807, 2.05) is 0 Å². The maximum absolute atomic E-state index is 2.47. The Kier molecular flexibility index (Phi) is 5.12. The standard InChI is InChI=1S/C5HI5/c6-1-2(7)4(9)5(10)3(1)8/h1H. The number of allylic oxidation sites excluding steroid dienone is 4. The van der Waals surface area contributed by atoms with Crippen LogP contribution in [-0.2, 0) is 0 Å². The van der Waals surface area contributed by atoms with Gasteiger partial charge in [0, 0.05) is 14.3 Å². The Balaban J connectivity index is 3.09. The SMILES string of the molecule is IC1=C(I)C(I)C(I)=C1I. The van der Waals surface area contributed by atoms with E-state index in [1.54, 1.807) is 0 Å². The molecule has 0 aliphatic heterocycles. The molecule has 56 valence electrons. The molecule has 10 heavy (non-hydrogen) atoms. The Labute approximate surface area is 128 Å². The lowest BCUT2D eigenvalue weighted by atomic mass is 10.5. The van der Waals surface area contributed by atoms with Gasteiger partial charge in [0.15, 0.2) is 0 Å². The number of hydrogen-bond donors (Lipinski definition) is 0. The van der Waals surface area contributed by atoms with E-state index in [-0.39, 0.29) is 0 Å². The van der Waals surface area contributed by atoms with E-state index in [0.29, 0.717) is 3.92 Å². The minimum atomic E-state index is 0.623. The van der Waals surface area contributed by atoms with Gasteiger partial charge >= 0.3 is 0 Å². The van der Waals surface area contributed by atoms with Crippen LogP contribution in [-0.4, -0.2) is 3.92 Å². The molecule has 1 aliphatic rings. The number of hydrogen-bond acceptors (Lipinski definition) is 0. The minimum Gasteiger partial charge on any atom is -0.0711 e. The van der Waals surface area contributed by atoms with E-state index in [0.717, 1.165) is 0 Å². The molecule has 0 spiro atoms. The fourth-order valence-electron chi connectivity index (χ4n) is 0.543. The molecule has 1 aliphatic carbocycles. The second kappa shape index (κ2) is 4.57. The van der Waals surface area contributed by atoms with Gasteiger partial charge in [-0.3, -0.25) is 0 Å². The third-order valence-electron chi connectivity index (χ3n) is 1.06. The van der Waals surface area contributed by atoms with E-state index in [2.05, 4.69) is 113 Å². The molecule has 0 N–H and O–H groups in total. The van der Waals surface area contributed by atoms with Gasteiger partial charge in [0.05, 0.1) is 3.92 Å². The maximum atomic E-state index is 2.47. The van der Waals surface area contributed by atoms with Crippen LogP contribution in [0.2, 0.25) is 0 Å². The predicted molar refractivity (Wildman–Crippen MR) is 87.9 cm³/mol. The zero-order chi connectivity index (χ0) is 7.89. The van der Waals surface area contributed by atoms with Crippen LogP contribution < -0.4 is 0 Å². The Morgan fingerprint density at radius 3 is 1.20 bits per heavy atom. The van der Waals surface area contributed by atoms with Crippen LogP contribution in [0, 0.1) is 0 Å². The molecule has 0 aromatic carbocycles. The zero-order valence-electron chi connectivity index (χ0n) is 4.47. The van der Waals surface area contributed by atoms with Gasteiger partial charge in [0.25, 0.3) is 0 Å². The molecular formula is C5HI5. The first-order valence-corrected chi connectivity index (χ1v) is 7.86. The van der Waals surface area contributed by atoms with Crippen molar-refractivity contribution in [2.24, 2.45) is 0 Å². The normalized spacial score (nSPS) is 21.3. The van der Waals surface area contributed by atoms with Crippen molar-refractivity contribution >= 4 is 113 Å². The van der Waals surface area contributed by atoms with Crippen LogP contribution >= 0.6 is 113 Å².